The summed E-state index contributed by atoms with van der Waals surface area (Å²) in [5.74, 6) is 1.25. The highest BCUT2D eigenvalue weighted by molar-refractivity contribution is 9.10. The van der Waals surface area contributed by atoms with Crippen molar-refractivity contribution in [2.45, 2.75) is 5.92 Å². The van der Waals surface area contributed by atoms with Gasteiger partial charge in [-0.15, -0.1) is 0 Å². The predicted octanol–water partition coefficient (Wildman–Crippen LogP) is 3.74. The van der Waals surface area contributed by atoms with Gasteiger partial charge in [0.2, 0.25) is 5.88 Å². The number of methoxy groups -OCH3 is 1. The van der Waals surface area contributed by atoms with E-state index in [9.17, 15) is 5.26 Å². The molecule has 1 heterocycles. The summed E-state index contributed by atoms with van der Waals surface area (Å²) in [6.45, 7) is 0. The summed E-state index contributed by atoms with van der Waals surface area (Å²) in [7, 11) is 5.54. The third kappa shape index (κ3) is 3.03. The van der Waals surface area contributed by atoms with Crippen molar-refractivity contribution >= 4 is 21.6 Å². The average Bonchev–Trinajstić information content (AvgIpc) is 2.59. The van der Waals surface area contributed by atoms with E-state index in [1.807, 2.05) is 55.4 Å². The number of nitrogens with two attached hydrogens (primary N) is 1. The Hall–Kier alpha value is -2.65. The molecule has 128 valence electrons. The first kappa shape index (κ1) is 17.2. The van der Waals surface area contributed by atoms with Crippen LogP contribution in [0.5, 0.6) is 11.5 Å². The first-order valence-corrected chi connectivity index (χ1v) is 8.48. The Morgan fingerprint density at radius 2 is 2.00 bits per heavy atom. The SMILES string of the molecule is COc1ccc([C@@H]2C(C#N)=C(N)Oc3cc(N(C)C)ccc32)cc1Br. The fourth-order valence-electron chi connectivity index (χ4n) is 2.93. The molecular weight excluding hydrogens is 382 g/mol. The fourth-order valence-corrected chi connectivity index (χ4v) is 3.49. The van der Waals surface area contributed by atoms with Crippen molar-refractivity contribution in [2.75, 3.05) is 26.1 Å². The van der Waals surface area contributed by atoms with Crippen LogP contribution in [0.2, 0.25) is 0 Å². The lowest BCUT2D eigenvalue weighted by atomic mass is 9.83. The van der Waals surface area contributed by atoms with Gasteiger partial charge in [0.1, 0.15) is 23.1 Å². The molecule has 25 heavy (non-hydrogen) atoms. The highest BCUT2D eigenvalue weighted by Crippen LogP contribution is 2.44. The summed E-state index contributed by atoms with van der Waals surface area (Å²) < 4.78 is 11.8. The summed E-state index contributed by atoms with van der Waals surface area (Å²) in [5, 5.41) is 9.62. The molecular formula is C19H18BrN3O2. The fraction of sp³-hybridized carbons (Fsp3) is 0.211. The summed E-state index contributed by atoms with van der Waals surface area (Å²) in [6.07, 6.45) is 0. The Kier molecular flexibility index (Phi) is 4.60. The van der Waals surface area contributed by atoms with Crippen LogP contribution in [0.3, 0.4) is 0 Å². The Balaban J connectivity index is 2.17. The predicted molar refractivity (Wildman–Crippen MR) is 101 cm³/mol. The van der Waals surface area contributed by atoms with Crippen molar-refractivity contribution in [3.8, 4) is 17.6 Å². The number of halogens is 1. The highest BCUT2D eigenvalue weighted by atomic mass is 79.9. The quantitative estimate of drug-likeness (QED) is 0.850. The van der Waals surface area contributed by atoms with Gasteiger partial charge >= 0.3 is 0 Å². The van der Waals surface area contributed by atoms with Gasteiger partial charge in [-0.3, -0.25) is 0 Å². The van der Waals surface area contributed by atoms with Gasteiger partial charge in [0.15, 0.2) is 0 Å². The number of allylic oxidation sites excluding steroid dienone is 1. The van der Waals surface area contributed by atoms with E-state index >= 15 is 0 Å². The summed E-state index contributed by atoms with van der Waals surface area (Å²) in [6, 6.07) is 13.9. The van der Waals surface area contributed by atoms with E-state index in [2.05, 4.69) is 22.0 Å². The Bertz CT molecular complexity index is 900. The van der Waals surface area contributed by atoms with Crippen LogP contribution in [-0.4, -0.2) is 21.2 Å². The molecule has 0 bridgehead atoms. The lowest BCUT2D eigenvalue weighted by Gasteiger charge is -2.28. The lowest BCUT2D eigenvalue weighted by molar-refractivity contribution is 0.393. The molecule has 1 aliphatic rings. The molecule has 0 saturated heterocycles. The van der Waals surface area contributed by atoms with Crippen LogP contribution in [0, 0.1) is 11.3 Å². The first-order chi connectivity index (χ1) is 12.0. The van der Waals surface area contributed by atoms with E-state index in [0.29, 0.717) is 11.3 Å². The Morgan fingerprint density at radius 3 is 2.60 bits per heavy atom. The average molecular weight is 400 g/mol. The zero-order chi connectivity index (χ0) is 18.1. The maximum atomic E-state index is 9.62. The molecule has 1 atom stereocenters. The van der Waals surface area contributed by atoms with Gasteiger partial charge in [-0.1, -0.05) is 12.1 Å². The number of hydrogen-bond donors (Lipinski definition) is 1. The minimum absolute atomic E-state index is 0.142. The molecule has 0 amide bonds. The molecule has 2 aromatic carbocycles. The largest absolute Gasteiger partial charge is 0.496 e. The van der Waals surface area contributed by atoms with E-state index in [1.54, 1.807) is 7.11 Å². The minimum Gasteiger partial charge on any atom is -0.496 e. The van der Waals surface area contributed by atoms with Crippen LogP contribution in [0.4, 0.5) is 5.69 Å². The lowest BCUT2D eigenvalue weighted by Crippen LogP contribution is -2.21. The van der Waals surface area contributed by atoms with Crippen LogP contribution in [0.25, 0.3) is 0 Å². The monoisotopic (exact) mass is 399 g/mol. The van der Waals surface area contributed by atoms with Crippen molar-refractivity contribution in [3.05, 3.63) is 63.5 Å². The second kappa shape index (κ2) is 6.69. The molecule has 3 rings (SSSR count). The first-order valence-electron chi connectivity index (χ1n) is 7.68. The van der Waals surface area contributed by atoms with Crippen LogP contribution in [-0.2, 0) is 0 Å². The summed E-state index contributed by atoms with van der Waals surface area (Å²) >= 11 is 3.51. The maximum absolute atomic E-state index is 9.62. The van der Waals surface area contributed by atoms with Gasteiger partial charge in [0, 0.05) is 31.4 Å². The second-order valence-corrected chi connectivity index (χ2v) is 6.79. The van der Waals surface area contributed by atoms with Gasteiger partial charge in [0.05, 0.1) is 17.5 Å². The van der Waals surface area contributed by atoms with Crippen LogP contribution in [0.15, 0.2) is 52.3 Å². The Morgan fingerprint density at radius 1 is 1.24 bits per heavy atom. The van der Waals surface area contributed by atoms with E-state index < -0.39 is 0 Å². The minimum atomic E-state index is -0.285. The van der Waals surface area contributed by atoms with Gasteiger partial charge < -0.3 is 20.1 Å². The molecule has 6 heteroatoms. The standard InChI is InChI=1S/C19H18BrN3O2/c1-23(2)12-5-6-13-17(9-12)25-19(22)14(10-21)18(13)11-4-7-16(24-3)15(20)8-11/h4-9,18H,22H2,1-3H3/t18-/m0/s1. The number of anilines is 1. The number of rotatable bonds is 3. The molecule has 2 aromatic rings. The van der Waals surface area contributed by atoms with Crippen LogP contribution in [0.1, 0.15) is 17.0 Å². The van der Waals surface area contributed by atoms with Crippen LogP contribution >= 0.6 is 15.9 Å². The van der Waals surface area contributed by atoms with Gasteiger partial charge in [-0.25, -0.2) is 0 Å². The molecule has 0 unspecified atom stereocenters. The number of nitrogens with zero attached hydrogens (tertiary/aromatic N) is 2. The van der Waals surface area contributed by atoms with Crippen LogP contribution < -0.4 is 20.1 Å². The molecule has 0 fully saturated rings. The molecule has 0 saturated carbocycles. The van der Waals surface area contributed by atoms with Gasteiger partial charge in [0.25, 0.3) is 0 Å². The number of benzene rings is 2. The zero-order valence-electron chi connectivity index (χ0n) is 14.2. The molecule has 0 radical (unpaired) electrons. The third-order valence-corrected chi connectivity index (χ3v) is 4.85. The number of ether oxygens (including phenoxy) is 2. The normalized spacial score (nSPS) is 15.9. The molecule has 2 N–H and O–H groups in total. The maximum Gasteiger partial charge on any atom is 0.205 e. The summed E-state index contributed by atoms with van der Waals surface area (Å²) in [5.41, 5.74) is 9.29. The van der Waals surface area contributed by atoms with Crippen molar-refractivity contribution < 1.29 is 9.47 Å². The van der Waals surface area contributed by atoms with E-state index in [-0.39, 0.29) is 11.8 Å². The molecule has 0 aliphatic carbocycles. The zero-order valence-corrected chi connectivity index (χ0v) is 15.8. The third-order valence-electron chi connectivity index (χ3n) is 4.23. The number of fused-ring (bicyclic) bond motifs is 1. The molecule has 5 nitrogen and oxygen atoms in total. The Labute approximate surface area is 155 Å². The van der Waals surface area contributed by atoms with E-state index in [1.165, 1.54) is 0 Å². The molecule has 0 spiro atoms. The highest BCUT2D eigenvalue weighted by Gasteiger charge is 2.31. The van der Waals surface area contributed by atoms with Crippen molar-refractivity contribution in [1.82, 2.24) is 0 Å². The summed E-state index contributed by atoms with van der Waals surface area (Å²) in [4.78, 5) is 1.99. The van der Waals surface area contributed by atoms with Crippen molar-refractivity contribution in [1.29, 1.82) is 5.26 Å². The number of nitriles is 1. The topological polar surface area (TPSA) is 71.5 Å². The number of hydrogen-bond acceptors (Lipinski definition) is 5. The second-order valence-electron chi connectivity index (χ2n) is 5.94. The van der Waals surface area contributed by atoms with E-state index in [4.69, 9.17) is 15.2 Å². The van der Waals surface area contributed by atoms with Crippen molar-refractivity contribution in [3.63, 3.8) is 0 Å². The molecule has 0 aromatic heterocycles. The van der Waals surface area contributed by atoms with Crippen molar-refractivity contribution in [2.24, 2.45) is 5.73 Å². The van der Waals surface area contributed by atoms with Gasteiger partial charge in [-0.05, 0) is 39.7 Å². The van der Waals surface area contributed by atoms with E-state index in [0.717, 1.165) is 27.0 Å². The smallest absolute Gasteiger partial charge is 0.205 e. The van der Waals surface area contributed by atoms with Gasteiger partial charge in [-0.2, -0.15) is 5.26 Å². The molecule has 1 aliphatic heterocycles.